The van der Waals surface area contributed by atoms with Gasteiger partial charge in [0, 0.05) is 19.7 Å². The lowest BCUT2D eigenvalue weighted by molar-refractivity contribution is -0.116. The smallest absolute Gasteiger partial charge is 0.244 e. The third kappa shape index (κ3) is 4.34. The number of carbonyl (C=O) groups excluding carboxylic acids is 1. The Hall–Kier alpha value is -2.21. The number of benzene rings is 1. The van der Waals surface area contributed by atoms with Gasteiger partial charge in [0.25, 0.3) is 0 Å². The van der Waals surface area contributed by atoms with Gasteiger partial charge in [0.05, 0.1) is 12.2 Å². The standard InChI is InChI=1S/C15H18N2O/c1-4-8-15(18)16-12-7-10-13-9-5-6-11-14(13)17(2)3/h4-6,8-9,11H,12H2,1-3H3,(H,16,18)/b8-4+. The molecule has 1 aromatic carbocycles. The van der Waals surface area contributed by atoms with E-state index in [1.54, 1.807) is 13.0 Å². The highest BCUT2D eigenvalue weighted by Crippen LogP contribution is 2.16. The molecule has 0 aliphatic carbocycles. The zero-order valence-electron chi connectivity index (χ0n) is 11.0. The van der Waals surface area contributed by atoms with Gasteiger partial charge in [0.2, 0.25) is 5.91 Å². The van der Waals surface area contributed by atoms with Gasteiger partial charge in [-0.15, -0.1) is 0 Å². The fraction of sp³-hybridized carbons (Fsp3) is 0.267. The lowest BCUT2D eigenvalue weighted by atomic mass is 10.1. The molecule has 1 amide bonds. The molecule has 0 bridgehead atoms. The predicted octanol–water partition coefficient (Wildman–Crippen LogP) is 1.80. The van der Waals surface area contributed by atoms with Crippen molar-refractivity contribution in [1.29, 1.82) is 0 Å². The minimum atomic E-state index is -0.118. The van der Waals surface area contributed by atoms with Crippen LogP contribution in [0.25, 0.3) is 0 Å². The molecular weight excluding hydrogens is 224 g/mol. The van der Waals surface area contributed by atoms with E-state index >= 15 is 0 Å². The average Bonchev–Trinajstić information content (AvgIpc) is 2.35. The minimum Gasteiger partial charge on any atom is -0.377 e. The molecule has 0 saturated heterocycles. The summed E-state index contributed by atoms with van der Waals surface area (Å²) in [6.07, 6.45) is 3.18. The molecule has 3 heteroatoms. The van der Waals surface area contributed by atoms with Gasteiger partial charge in [0.15, 0.2) is 0 Å². The number of rotatable bonds is 3. The molecule has 0 unspecified atom stereocenters. The highest BCUT2D eigenvalue weighted by molar-refractivity contribution is 5.87. The largest absolute Gasteiger partial charge is 0.377 e. The quantitative estimate of drug-likeness (QED) is 0.647. The van der Waals surface area contributed by atoms with Crippen molar-refractivity contribution in [2.75, 3.05) is 25.5 Å². The van der Waals surface area contributed by atoms with Crippen LogP contribution in [0.1, 0.15) is 12.5 Å². The van der Waals surface area contributed by atoms with Crippen molar-refractivity contribution in [1.82, 2.24) is 5.32 Å². The van der Waals surface area contributed by atoms with Crippen LogP contribution in [0.2, 0.25) is 0 Å². The van der Waals surface area contributed by atoms with E-state index < -0.39 is 0 Å². The van der Waals surface area contributed by atoms with Crippen molar-refractivity contribution in [3.63, 3.8) is 0 Å². The average molecular weight is 242 g/mol. The SMILES string of the molecule is C/C=C/C(=O)NCC#Cc1ccccc1N(C)C. The summed E-state index contributed by atoms with van der Waals surface area (Å²) in [6.45, 7) is 2.16. The lowest BCUT2D eigenvalue weighted by Gasteiger charge is -2.13. The van der Waals surface area contributed by atoms with Gasteiger partial charge in [-0.05, 0) is 25.1 Å². The summed E-state index contributed by atoms with van der Waals surface area (Å²) in [7, 11) is 3.96. The number of nitrogens with one attached hydrogen (secondary N) is 1. The maximum Gasteiger partial charge on any atom is 0.244 e. The maximum absolute atomic E-state index is 11.2. The van der Waals surface area contributed by atoms with E-state index in [1.807, 2.05) is 43.3 Å². The van der Waals surface area contributed by atoms with Crippen molar-refractivity contribution in [3.05, 3.63) is 42.0 Å². The minimum absolute atomic E-state index is 0.118. The summed E-state index contributed by atoms with van der Waals surface area (Å²) in [6, 6.07) is 7.92. The third-order valence-corrected chi connectivity index (χ3v) is 2.28. The van der Waals surface area contributed by atoms with E-state index in [-0.39, 0.29) is 5.91 Å². The van der Waals surface area contributed by atoms with E-state index in [0.717, 1.165) is 11.3 Å². The first-order valence-corrected chi connectivity index (χ1v) is 5.81. The second-order valence-electron chi connectivity index (χ2n) is 3.93. The lowest BCUT2D eigenvalue weighted by Crippen LogP contribution is -2.20. The highest BCUT2D eigenvalue weighted by Gasteiger charge is 1.99. The summed E-state index contributed by atoms with van der Waals surface area (Å²) in [4.78, 5) is 13.2. The van der Waals surface area contributed by atoms with Crippen LogP contribution in [-0.2, 0) is 4.79 Å². The number of nitrogens with zero attached hydrogens (tertiary/aromatic N) is 1. The maximum atomic E-state index is 11.2. The van der Waals surface area contributed by atoms with Gasteiger partial charge in [-0.3, -0.25) is 4.79 Å². The molecule has 94 valence electrons. The molecule has 1 rings (SSSR count). The van der Waals surface area contributed by atoms with Crippen LogP contribution in [-0.4, -0.2) is 26.5 Å². The van der Waals surface area contributed by atoms with E-state index in [9.17, 15) is 4.79 Å². The topological polar surface area (TPSA) is 32.3 Å². The number of anilines is 1. The van der Waals surface area contributed by atoms with Crippen molar-refractivity contribution in [2.45, 2.75) is 6.92 Å². The van der Waals surface area contributed by atoms with Gasteiger partial charge in [-0.2, -0.15) is 0 Å². The predicted molar refractivity (Wildman–Crippen MR) is 75.5 cm³/mol. The summed E-state index contributed by atoms with van der Waals surface area (Å²) >= 11 is 0. The van der Waals surface area contributed by atoms with Crippen molar-refractivity contribution >= 4 is 11.6 Å². The molecule has 0 spiro atoms. The van der Waals surface area contributed by atoms with Crippen LogP contribution in [0.15, 0.2) is 36.4 Å². The van der Waals surface area contributed by atoms with Gasteiger partial charge in [-0.25, -0.2) is 0 Å². The molecule has 1 aromatic rings. The first kappa shape index (κ1) is 13.9. The highest BCUT2D eigenvalue weighted by atomic mass is 16.1. The van der Waals surface area contributed by atoms with Crippen LogP contribution in [0.4, 0.5) is 5.69 Å². The number of hydrogen-bond acceptors (Lipinski definition) is 2. The zero-order chi connectivity index (χ0) is 13.4. The van der Waals surface area contributed by atoms with Crippen LogP contribution < -0.4 is 10.2 Å². The van der Waals surface area contributed by atoms with Crippen LogP contribution in [0.3, 0.4) is 0 Å². The molecule has 3 nitrogen and oxygen atoms in total. The van der Waals surface area contributed by atoms with Gasteiger partial charge >= 0.3 is 0 Å². The molecular formula is C15H18N2O. The van der Waals surface area contributed by atoms with Crippen LogP contribution in [0.5, 0.6) is 0 Å². The molecule has 0 saturated carbocycles. The van der Waals surface area contributed by atoms with Crippen molar-refractivity contribution in [2.24, 2.45) is 0 Å². The molecule has 0 atom stereocenters. The number of para-hydroxylation sites is 1. The summed E-state index contributed by atoms with van der Waals surface area (Å²) < 4.78 is 0. The monoisotopic (exact) mass is 242 g/mol. The first-order valence-electron chi connectivity index (χ1n) is 5.81. The number of allylic oxidation sites excluding steroid dienone is 1. The normalized spacial score (nSPS) is 9.72. The Balaban J connectivity index is 2.66. The van der Waals surface area contributed by atoms with Gasteiger partial charge in [0.1, 0.15) is 0 Å². The Morgan fingerprint density at radius 1 is 1.39 bits per heavy atom. The van der Waals surface area contributed by atoms with Crippen LogP contribution in [0, 0.1) is 11.8 Å². The molecule has 0 aliphatic heterocycles. The number of carbonyl (C=O) groups is 1. The number of hydrogen-bond donors (Lipinski definition) is 1. The Kier molecular flexibility index (Phi) is 5.53. The van der Waals surface area contributed by atoms with Gasteiger partial charge < -0.3 is 10.2 Å². The van der Waals surface area contributed by atoms with E-state index in [4.69, 9.17) is 0 Å². The molecule has 0 radical (unpaired) electrons. The van der Waals surface area contributed by atoms with Crippen LogP contribution >= 0.6 is 0 Å². The number of amides is 1. The Morgan fingerprint density at radius 3 is 2.78 bits per heavy atom. The first-order chi connectivity index (χ1) is 8.65. The molecule has 18 heavy (non-hydrogen) atoms. The fourth-order valence-electron chi connectivity index (χ4n) is 1.45. The molecule has 0 fully saturated rings. The van der Waals surface area contributed by atoms with Crippen molar-refractivity contribution in [3.8, 4) is 11.8 Å². The second-order valence-corrected chi connectivity index (χ2v) is 3.93. The summed E-state index contributed by atoms with van der Waals surface area (Å²) in [5.41, 5.74) is 2.03. The van der Waals surface area contributed by atoms with Crippen molar-refractivity contribution < 1.29 is 4.79 Å². The molecule has 0 aliphatic rings. The van der Waals surface area contributed by atoms with E-state index in [0.29, 0.717) is 6.54 Å². The Labute approximate surface area is 108 Å². The molecule has 0 heterocycles. The summed E-state index contributed by atoms with van der Waals surface area (Å²) in [5.74, 6) is 5.89. The van der Waals surface area contributed by atoms with E-state index in [2.05, 4.69) is 17.2 Å². The zero-order valence-corrected chi connectivity index (χ0v) is 11.0. The second kappa shape index (κ2) is 7.18. The third-order valence-electron chi connectivity index (χ3n) is 2.28. The van der Waals surface area contributed by atoms with E-state index in [1.165, 1.54) is 6.08 Å². The molecule has 1 N–H and O–H groups in total. The van der Waals surface area contributed by atoms with Gasteiger partial charge in [-0.1, -0.05) is 30.0 Å². The summed E-state index contributed by atoms with van der Waals surface area (Å²) in [5, 5.41) is 2.69. The fourth-order valence-corrected chi connectivity index (χ4v) is 1.45. The Morgan fingerprint density at radius 2 is 2.11 bits per heavy atom. The molecule has 0 aromatic heterocycles. The Bertz CT molecular complexity index is 493.